The summed E-state index contributed by atoms with van der Waals surface area (Å²) in [6.45, 7) is 2.22. The van der Waals surface area contributed by atoms with Crippen LogP contribution < -0.4 is 0 Å². The highest BCUT2D eigenvalue weighted by Gasteiger charge is 2.41. The second kappa shape index (κ2) is 4.58. The molecular weight excluding hydrogens is 220 g/mol. The minimum absolute atomic E-state index is 0.489. The van der Waals surface area contributed by atoms with Crippen molar-refractivity contribution < 1.29 is 9.90 Å². The molecule has 0 saturated heterocycles. The summed E-state index contributed by atoms with van der Waals surface area (Å²) in [6.07, 6.45) is 4.49. The fourth-order valence-corrected chi connectivity index (χ4v) is 3.38. The van der Waals surface area contributed by atoms with Crippen molar-refractivity contribution in [1.29, 1.82) is 0 Å². The molecule has 2 rings (SSSR count). The number of carbonyl (C=O) groups is 1. The van der Waals surface area contributed by atoms with Gasteiger partial charge in [0.2, 0.25) is 0 Å². The average molecular weight is 238 g/mol. The second-order valence-corrected chi connectivity index (χ2v) is 6.06. The van der Waals surface area contributed by atoms with Crippen molar-refractivity contribution in [2.75, 3.05) is 0 Å². The molecule has 0 unspecified atom stereocenters. The number of thiophene rings is 1. The van der Waals surface area contributed by atoms with Crippen LogP contribution in [-0.2, 0) is 11.2 Å². The van der Waals surface area contributed by atoms with E-state index >= 15 is 0 Å². The Hall–Kier alpha value is -0.830. The first-order valence-corrected chi connectivity index (χ1v) is 6.76. The second-order valence-electron chi connectivity index (χ2n) is 5.02. The molecule has 88 valence electrons. The van der Waals surface area contributed by atoms with E-state index in [1.807, 2.05) is 17.5 Å². The molecule has 1 aliphatic carbocycles. The third kappa shape index (κ3) is 2.29. The zero-order valence-corrected chi connectivity index (χ0v) is 10.4. The van der Waals surface area contributed by atoms with Crippen LogP contribution in [0, 0.1) is 11.3 Å². The minimum atomic E-state index is -0.604. The lowest BCUT2D eigenvalue weighted by Gasteiger charge is -2.35. The Morgan fingerprint density at radius 2 is 2.25 bits per heavy atom. The van der Waals surface area contributed by atoms with Gasteiger partial charge in [-0.05, 0) is 49.5 Å². The minimum Gasteiger partial charge on any atom is -0.481 e. The fourth-order valence-electron chi connectivity index (χ4n) is 2.53. The van der Waals surface area contributed by atoms with E-state index in [9.17, 15) is 9.90 Å². The Labute approximate surface area is 100 Å². The van der Waals surface area contributed by atoms with Crippen molar-refractivity contribution in [3.05, 3.63) is 22.4 Å². The SMILES string of the molecule is CC1CCC(Cc2cccs2)(C(=O)O)CC1. The summed E-state index contributed by atoms with van der Waals surface area (Å²) in [5.41, 5.74) is -0.489. The number of carboxylic acids is 1. The van der Waals surface area contributed by atoms with Gasteiger partial charge in [0.25, 0.3) is 0 Å². The first kappa shape index (κ1) is 11.6. The predicted molar refractivity (Wildman–Crippen MR) is 65.7 cm³/mol. The smallest absolute Gasteiger partial charge is 0.309 e. The van der Waals surface area contributed by atoms with Gasteiger partial charge in [0, 0.05) is 4.88 Å². The quantitative estimate of drug-likeness (QED) is 0.874. The van der Waals surface area contributed by atoms with E-state index in [-0.39, 0.29) is 0 Å². The lowest BCUT2D eigenvalue weighted by atomic mass is 9.69. The van der Waals surface area contributed by atoms with E-state index in [0.717, 1.165) is 25.7 Å². The first-order valence-electron chi connectivity index (χ1n) is 5.88. The predicted octanol–water partition coefficient (Wildman–Crippen LogP) is 3.57. The monoisotopic (exact) mass is 238 g/mol. The maximum atomic E-state index is 11.5. The van der Waals surface area contributed by atoms with E-state index < -0.39 is 11.4 Å². The van der Waals surface area contributed by atoms with Crippen LogP contribution in [0.1, 0.15) is 37.5 Å². The van der Waals surface area contributed by atoms with Crippen molar-refractivity contribution in [3.63, 3.8) is 0 Å². The Morgan fingerprint density at radius 3 is 2.75 bits per heavy atom. The largest absolute Gasteiger partial charge is 0.481 e. The van der Waals surface area contributed by atoms with Gasteiger partial charge in [0.05, 0.1) is 5.41 Å². The van der Waals surface area contributed by atoms with E-state index in [2.05, 4.69) is 6.92 Å². The van der Waals surface area contributed by atoms with Gasteiger partial charge in [-0.2, -0.15) is 0 Å². The van der Waals surface area contributed by atoms with E-state index in [4.69, 9.17) is 0 Å². The van der Waals surface area contributed by atoms with E-state index in [0.29, 0.717) is 12.3 Å². The number of rotatable bonds is 3. The summed E-state index contributed by atoms with van der Waals surface area (Å²) >= 11 is 1.67. The van der Waals surface area contributed by atoms with Crippen LogP contribution in [0.2, 0.25) is 0 Å². The van der Waals surface area contributed by atoms with Crippen molar-refractivity contribution in [1.82, 2.24) is 0 Å². The summed E-state index contributed by atoms with van der Waals surface area (Å²) in [4.78, 5) is 12.7. The van der Waals surface area contributed by atoms with E-state index in [1.54, 1.807) is 11.3 Å². The lowest BCUT2D eigenvalue weighted by molar-refractivity contribution is -0.151. The van der Waals surface area contributed by atoms with Crippen molar-refractivity contribution in [3.8, 4) is 0 Å². The molecule has 0 amide bonds. The van der Waals surface area contributed by atoms with Gasteiger partial charge in [-0.3, -0.25) is 4.79 Å². The third-order valence-corrected chi connectivity index (χ3v) is 4.65. The van der Waals surface area contributed by atoms with Crippen LogP contribution in [0.4, 0.5) is 0 Å². The normalized spacial score (nSPS) is 30.2. The maximum Gasteiger partial charge on any atom is 0.309 e. The zero-order chi connectivity index (χ0) is 11.6. The maximum absolute atomic E-state index is 11.5. The van der Waals surface area contributed by atoms with Gasteiger partial charge in [-0.25, -0.2) is 0 Å². The molecule has 3 heteroatoms. The zero-order valence-electron chi connectivity index (χ0n) is 9.61. The lowest BCUT2D eigenvalue weighted by Crippen LogP contribution is -2.36. The molecule has 1 fully saturated rings. The number of hydrogen-bond acceptors (Lipinski definition) is 2. The van der Waals surface area contributed by atoms with Gasteiger partial charge in [-0.1, -0.05) is 13.0 Å². The van der Waals surface area contributed by atoms with Gasteiger partial charge in [-0.15, -0.1) is 11.3 Å². The Balaban J connectivity index is 2.13. The molecule has 1 N–H and O–H groups in total. The van der Waals surface area contributed by atoms with Crippen LogP contribution >= 0.6 is 11.3 Å². The third-order valence-electron chi connectivity index (χ3n) is 3.78. The van der Waals surface area contributed by atoms with Crippen LogP contribution in [0.3, 0.4) is 0 Å². The van der Waals surface area contributed by atoms with E-state index in [1.165, 1.54) is 4.88 Å². The summed E-state index contributed by atoms with van der Waals surface area (Å²) in [5.74, 6) is 0.0867. The van der Waals surface area contributed by atoms with Crippen LogP contribution in [-0.4, -0.2) is 11.1 Å². The van der Waals surface area contributed by atoms with Crippen LogP contribution in [0.15, 0.2) is 17.5 Å². The first-order chi connectivity index (χ1) is 7.62. The molecule has 1 aromatic rings. The molecule has 0 atom stereocenters. The van der Waals surface area contributed by atoms with Gasteiger partial charge in [0.15, 0.2) is 0 Å². The molecule has 0 aliphatic heterocycles. The highest BCUT2D eigenvalue weighted by Crippen LogP contribution is 2.42. The Kier molecular flexibility index (Phi) is 3.33. The average Bonchev–Trinajstić information content (AvgIpc) is 2.74. The summed E-state index contributed by atoms with van der Waals surface area (Å²) in [6, 6.07) is 4.05. The highest BCUT2D eigenvalue weighted by atomic mass is 32.1. The molecule has 1 aromatic heterocycles. The summed E-state index contributed by atoms with van der Waals surface area (Å²) in [5, 5.41) is 11.5. The van der Waals surface area contributed by atoms with Gasteiger partial charge < -0.3 is 5.11 Å². The number of carboxylic acid groups (broad SMARTS) is 1. The molecule has 0 radical (unpaired) electrons. The summed E-state index contributed by atoms with van der Waals surface area (Å²) in [7, 11) is 0. The molecule has 2 nitrogen and oxygen atoms in total. The Morgan fingerprint density at radius 1 is 1.56 bits per heavy atom. The molecule has 1 saturated carbocycles. The molecule has 0 aromatic carbocycles. The molecule has 0 spiro atoms. The molecule has 0 bridgehead atoms. The van der Waals surface area contributed by atoms with Crippen LogP contribution in [0.5, 0.6) is 0 Å². The topological polar surface area (TPSA) is 37.3 Å². The molecule has 16 heavy (non-hydrogen) atoms. The molecule has 1 aliphatic rings. The van der Waals surface area contributed by atoms with Crippen molar-refractivity contribution in [2.45, 2.75) is 39.0 Å². The number of hydrogen-bond donors (Lipinski definition) is 1. The van der Waals surface area contributed by atoms with Crippen LogP contribution in [0.25, 0.3) is 0 Å². The van der Waals surface area contributed by atoms with Crippen molar-refractivity contribution in [2.24, 2.45) is 11.3 Å². The highest BCUT2D eigenvalue weighted by molar-refractivity contribution is 7.09. The fraction of sp³-hybridized carbons (Fsp3) is 0.615. The standard InChI is InChI=1S/C13H18O2S/c1-10-4-6-13(7-5-10,12(14)15)9-11-3-2-8-16-11/h2-3,8,10H,4-7,9H2,1H3,(H,14,15). The van der Waals surface area contributed by atoms with Gasteiger partial charge in [0.1, 0.15) is 0 Å². The van der Waals surface area contributed by atoms with Gasteiger partial charge >= 0.3 is 5.97 Å². The molecular formula is C13H18O2S. The van der Waals surface area contributed by atoms with Crippen molar-refractivity contribution >= 4 is 17.3 Å². The summed E-state index contributed by atoms with van der Waals surface area (Å²) < 4.78 is 0. The Bertz CT molecular complexity index is 348. The molecule has 1 heterocycles. The number of aliphatic carboxylic acids is 1.